The van der Waals surface area contributed by atoms with Crippen molar-refractivity contribution < 1.29 is 0 Å². The van der Waals surface area contributed by atoms with Crippen LogP contribution in [0.4, 0.5) is 0 Å². The Kier molecular flexibility index (Phi) is 2.54. The van der Waals surface area contributed by atoms with E-state index in [-0.39, 0.29) is 5.54 Å². The molecule has 17 heavy (non-hydrogen) atoms. The molecule has 1 aromatic heterocycles. The first-order valence-electron chi connectivity index (χ1n) is 6.95. The molecule has 2 aliphatic rings. The number of hydrogen-bond acceptors (Lipinski definition) is 2. The van der Waals surface area contributed by atoms with Crippen LogP contribution in [-0.2, 0) is 24.9 Å². The Labute approximate surface area is 104 Å². The first-order chi connectivity index (χ1) is 8.14. The minimum Gasteiger partial charge on any atom is -0.326 e. The Morgan fingerprint density at radius 1 is 1.41 bits per heavy atom. The van der Waals surface area contributed by atoms with Gasteiger partial charge in [0.25, 0.3) is 0 Å². The highest BCUT2D eigenvalue weighted by atomic mass is 15.2. The number of aromatic nitrogens is 2. The van der Waals surface area contributed by atoms with Crippen molar-refractivity contribution in [2.75, 3.05) is 6.54 Å². The van der Waals surface area contributed by atoms with Crippen LogP contribution in [0.5, 0.6) is 0 Å². The van der Waals surface area contributed by atoms with Crippen LogP contribution in [0.15, 0.2) is 0 Å². The van der Waals surface area contributed by atoms with Gasteiger partial charge in [-0.1, -0.05) is 6.92 Å². The summed E-state index contributed by atoms with van der Waals surface area (Å²) in [5.41, 5.74) is 3.06. The maximum atomic E-state index is 4.85. The van der Waals surface area contributed by atoms with Crippen LogP contribution in [-0.4, -0.2) is 16.1 Å². The fraction of sp³-hybridized carbons (Fsp3) is 0.786. The van der Waals surface area contributed by atoms with Crippen molar-refractivity contribution >= 4 is 0 Å². The SMILES string of the molecule is CCc1nc2c(n1C(C)(C)C1CC1)CCNC2. The Hall–Kier alpha value is -0.830. The zero-order chi connectivity index (χ0) is 12.0. The van der Waals surface area contributed by atoms with Crippen LogP contribution in [0, 0.1) is 5.92 Å². The van der Waals surface area contributed by atoms with E-state index in [0.29, 0.717) is 0 Å². The summed E-state index contributed by atoms with van der Waals surface area (Å²) in [5, 5.41) is 3.43. The zero-order valence-corrected chi connectivity index (χ0v) is 11.2. The molecule has 0 radical (unpaired) electrons. The second-order valence-corrected chi connectivity index (χ2v) is 5.97. The fourth-order valence-corrected chi connectivity index (χ4v) is 3.26. The van der Waals surface area contributed by atoms with E-state index in [9.17, 15) is 0 Å². The highest BCUT2D eigenvalue weighted by molar-refractivity contribution is 5.23. The second kappa shape index (κ2) is 3.84. The fourth-order valence-electron chi connectivity index (χ4n) is 3.26. The Balaban J connectivity index is 2.09. The second-order valence-electron chi connectivity index (χ2n) is 5.97. The average Bonchev–Trinajstić information content (AvgIpc) is 3.09. The van der Waals surface area contributed by atoms with Gasteiger partial charge in [0.05, 0.1) is 5.69 Å². The van der Waals surface area contributed by atoms with Crippen molar-refractivity contribution in [3.8, 4) is 0 Å². The number of fused-ring (bicyclic) bond motifs is 1. The summed E-state index contributed by atoms with van der Waals surface area (Å²) in [7, 11) is 0. The summed E-state index contributed by atoms with van der Waals surface area (Å²) in [6, 6.07) is 0. The van der Waals surface area contributed by atoms with Gasteiger partial charge in [0, 0.05) is 37.2 Å². The molecule has 1 fully saturated rings. The molecule has 1 aromatic rings. The molecular weight excluding hydrogens is 210 g/mol. The molecule has 1 aliphatic heterocycles. The van der Waals surface area contributed by atoms with Gasteiger partial charge in [-0.15, -0.1) is 0 Å². The van der Waals surface area contributed by atoms with E-state index in [1.165, 1.54) is 30.1 Å². The Morgan fingerprint density at radius 2 is 2.18 bits per heavy atom. The lowest BCUT2D eigenvalue weighted by atomic mass is 9.96. The number of aryl methyl sites for hydroxylation is 1. The molecule has 0 amide bonds. The van der Waals surface area contributed by atoms with Gasteiger partial charge in [-0.05, 0) is 32.6 Å². The third kappa shape index (κ3) is 1.71. The van der Waals surface area contributed by atoms with Crippen molar-refractivity contribution in [3.05, 3.63) is 17.2 Å². The molecule has 1 N–H and O–H groups in total. The van der Waals surface area contributed by atoms with Gasteiger partial charge < -0.3 is 9.88 Å². The number of nitrogens with zero attached hydrogens (tertiary/aromatic N) is 2. The van der Waals surface area contributed by atoms with Gasteiger partial charge in [0.1, 0.15) is 5.82 Å². The lowest BCUT2D eigenvalue weighted by molar-refractivity contribution is 0.286. The summed E-state index contributed by atoms with van der Waals surface area (Å²) in [6.45, 7) is 9.07. The van der Waals surface area contributed by atoms with Crippen LogP contribution in [0.2, 0.25) is 0 Å². The molecule has 94 valence electrons. The molecule has 0 bridgehead atoms. The molecule has 3 nitrogen and oxygen atoms in total. The number of nitrogens with one attached hydrogen (secondary N) is 1. The topological polar surface area (TPSA) is 29.9 Å². The minimum absolute atomic E-state index is 0.267. The summed E-state index contributed by atoms with van der Waals surface area (Å²) in [4.78, 5) is 4.85. The molecule has 1 aliphatic carbocycles. The molecule has 3 heteroatoms. The molecule has 0 atom stereocenters. The summed E-state index contributed by atoms with van der Waals surface area (Å²) in [5.74, 6) is 2.15. The molecule has 0 saturated heterocycles. The molecule has 1 saturated carbocycles. The van der Waals surface area contributed by atoms with E-state index in [1.807, 2.05) is 0 Å². The van der Waals surface area contributed by atoms with Crippen LogP contribution in [0.25, 0.3) is 0 Å². The van der Waals surface area contributed by atoms with E-state index < -0.39 is 0 Å². The first-order valence-corrected chi connectivity index (χ1v) is 6.95. The van der Waals surface area contributed by atoms with Gasteiger partial charge in [-0.3, -0.25) is 0 Å². The number of rotatable bonds is 3. The zero-order valence-electron chi connectivity index (χ0n) is 11.2. The standard InChI is InChI=1S/C14H23N3/c1-4-13-16-11-9-15-8-7-12(11)17(13)14(2,3)10-5-6-10/h10,15H,4-9H2,1-3H3. The van der Waals surface area contributed by atoms with E-state index in [0.717, 1.165) is 31.8 Å². The molecule has 3 rings (SSSR count). The Bertz CT molecular complexity index is 427. The monoisotopic (exact) mass is 233 g/mol. The van der Waals surface area contributed by atoms with Crippen LogP contribution in [0.3, 0.4) is 0 Å². The summed E-state index contributed by atoms with van der Waals surface area (Å²) < 4.78 is 2.57. The highest BCUT2D eigenvalue weighted by Gasteiger charge is 2.41. The molecule has 0 aromatic carbocycles. The van der Waals surface area contributed by atoms with Crippen molar-refractivity contribution in [1.29, 1.82) is 0 Å². The minimum atomic E-state index is 0.267. The van der Waals surface area contributed by atoms with E-state index >= 15 is 0 Å². The smallest absolute Gasteiger partial charge is 0.109 e. The van der Waals surface area contributed by atoms with Crippen molar-refractivity contribution in [1.82, 2.24) is 14.9 Å². The van der Waals surface area contributed by atoms with Gasteiger partial charge in [0.2, 0.25) is 0 Å². The van der Waals surface area contributed by atoms with E-state index in [1.54, 1.807) is 0 Å². The van der Waals surface area contributed by atoms with Crippen LogP contribution in [0.1, 0.15) is 50.8 Å². The van der Waals surface area contributed by atoms with Crippen LogP contribution < -0.4 is 5.32 Å². The predicted molar refractivity (Wildman–Crippen MR) is 69.1 cm³/mol. The van der Waals surface area contributed by atoms with E-state index in [4.69, 9.17) is 4.98 Å². The van der Waals surface area contributed by atoms with Crippen molar-refractivity contribution in [2.45, 2.75) is 58.5 Å². The molecule has 2 heterocycles. The van der Waals surface area contributed by atoms with Crippen molar-refractivity contribution in [2.24, 2.45) is 5.92 Å². The third-order valence-electron chi connectivity index (χ3n) is 4.43. The lowest BCUT2D eigenvalue weighted by Crippen LogP contribution is -2.34. The third-order valence-corrected chi connectivity index (χ3v) is 4.43. The van der Waals surface area contributed by atoms with Gasteiger partial charge >= 0.3 is 0 Å². The van der Waals surface area contributed by atoms with Crippen molar-refractivity contribution in [3.63, 3.8) is 0 Å². The van der Waals surface area contributed by atoms with E-state index in [2.05, 4.69) is 30.7 Å². The number of imidazole rings is 1. The van der Waals surface area contributed by atoms with Gasteiger partial charge in [-0.2, -0.15) is 0 Å². The van der Waals surface area contributed by atoms with Gasteiger partial charge in [-0.25, -0.2) is 4.98 Å². The lowest BCUT2D eigenvalue weighted by Gasteiger charge is -2.32. The highest BCUT2D eigenvalue weighted by Crippen LogP contribution is 2.45. The maximum absolute atomic E-state index is 4.85. The largest absolute Gasteiger partial charge is 0.326 e. The maximum Gasteiger partial charge on any atom is 0.109 e. The summed E-state index contributed by atoms with van der Waals surface area (Å²) in [6.07, 6.45) is 4.96. The molecule has 0 spiro atoms. The first kappa shape index (κ1) is 11.3. The average molecular weight is 233 g/mol. The Morgan fingerprint density at radius 3 is 2.82 bits per heavy atom. The summed E-state index contributed by atoms with van der Waals surface area (Å²) >= 11 is 0. The number of hydrogen-bond donors (Lipinski definition) is 1. The van der Waals surface area contributed by atoms with Crippen LogP contribution >= 0.6 is 0 Å². The molecular formula is C14H23N3. The normalized spacial score (nSPS) is 20.4. The quantitative estimate of drug-likeness (QED) is 0.867. The van der Waals surface area contributed by atoms with Gasteiger partial charge in [0.15, 0.2) is 0 Å². The predicted octanol–water partition coefficient (Wildman–Crippen LogP) is 2.24. The molecule has 0 unspecified atom stereocenters.